The van der Waals surface area contributed by atoms with Crippen LogP contribution in [0.15, 0.2) is 27.6 Å². The molecule has 26 heavy (non-hydrogen) atoms. The minimum Gasteiger partial charge on any atom is -0.369 e. The zero-order valence-electron chi connectivity index (χ0n) is 14.5. The van der Waals surface area contributed by atoms with Gasteiger partial charge in [0.1, 0.15) is 5.56 Å². The van der Waals surface area contributed by atoms with Gasteiger partial charge < -0.3 is 15.2 Å². The van der Waals surface area contributed by atoms with Crippen molar-refractivity contribution in [3.63, 3.8) is 0 Å². The van der Waals surface area contributed by atoms with Crippen molar-refractivity contribution in [3.8, 4) is 0 Å². The number of nitrogens with zero attached hydrogens (tertiary/aromatic N) is 2. The van der Waals surface area contributed by atoms with Crippen LogP contribution in [0.4, 0.5) is 0 Å². The molecule has 0 bridgehead atoms. The number of carbonyl (C=O) groups is 2. The number of rotatable bonds is 2. The first-order chi connectivity index (χ1) is 12.4. The van der Waals surface area contributed by atoms with E-state index in [4.69, 9.17) is 5.73 Å². The fraction of sp³-hybridized carbons (Fsp3) is 0.421. The smallest absolute Gasteiger partial charge is 0.259 e. The van der Waals surface area contributed by atoms with E-state index in [1.165, 1.54) is 0 Å². The fourth-order valence-electron chi connectivity index (χ4n) is 4.15. The number of carbonyl (C=O) groups excluding carboxylic acids is 2. The molecule has 0 radical (unpaired) electrons. The van der Waals surface area contributed by atoms with Gasteiger partial charge in [0.15, 0.2) is 0 Å². The summed E-state index contributed by atoms with van der Waals surface area (Å²) >= 11 is 3.47. The summed E-state index contributed by atoms with van der Waals surface area (Å²) in [4.78, 5) is 39.0. The monoisotopic (exact) mass is 417 g/mol. The number of hydrogen-bond acceptors (Lipinski definition) is 3. The maximum absolute atomic E-state index is 13.0. The molecule has 1 aromatic carbocycles. The van der Waals surface area contributed by atoms with E-state index in [1.54, 1.807) is 17.2 Å². The maximum atomic E-state index is 13.0. The van der Waals surface area contributed by atoms with Crippen LogP contribution in [0.3, 0.4) is 0 Å². The van der Waals surface area contributed by atoms with Gasteiger partial charge in [-0.25, -0.2) is 0 Å². The maximum Gasteiger partial charge on any atom is 0.259 e. The van der Waals surface area contributed by atoms with Gasteiger partial charge in [0.25, 0.3) is 5.91 Å². The summed E-state index contributed by atoms with van der Waals surface area (Å²) < 4.78 is 2.90. The molecule has 0 aliphatic carbocycles. The molecule has 2 aromatic rings. The normalized spacial score (nSPS) is 19.9. The molecule has 2 aliphatic heterocycles. The Morgan fingerprint density at radius 1 is 1.23 bits per heavy atom. The lowest BCUT2D eigenvalue weighted by Gasteiger charge is -2.30. The average molecular weight is 418 g/mol. The number of aromatic nitrogens is 1. The molecule has 2 N–H and O–H groups in total. The Bertz CT molecular complexity index is 990. The summed E-state index contributed by atoms with van der Waals surface area (Å²) in [6, 6.07) is 4.04. The number of pyridine rings is 1. The number of amides is 2. The first-order valence-electron chi connectivity index (χ1n) is 8.82. The second-order valence-corrected chi connectivity index (χ2v) is 8.18. The Hall–Kier alpha value is -2.15. The molecule has 0 saturated carbocycles. The van der Waals surface area contributed by atoms with Crippen molar-refractivity contribution in [1.29, 1.82) is 0 Å². The van der Waals surface area contributed by atoms with Crippen LogP contribution in [0.25, 0.3) is 10.9 Å². The number of primary amides is 1. The van der Waals surface area contributed by atoms with Crippen LogP contribution < -0.4 is 11.2 Å². The Morgan fingerprint density at radius 2 is 1.92 bits per heavy atom. The van der Waals surface area contributed by atoms with Crippen LogP contribution in [-0.4, -0.2) is 34.4 Å². The highest BCUT2D eigenvalue weighted by Gasteiger charge is 2.30. The van der Waals surface area contributed by atoms with Crippen molar-refractivity contribution in [2.75, 3.05) is 13.1 Å². The van der Waals surface area contributed by atoms with Crippen LogP contribution in [0.1, 0.15) is 41.7 Å². The molecule has 6 nitrogen and oxygen atoms in total. The van der Waals surface area contributed by atoms with Gasteiger partial charge in [0.05, 0.1) is 5.52 Å². The Morgan fingerprint density at radius 3 is 2.58 bits per heavy atom. The van der Waals surface area contributed by atoms with E-state index in [-0.39, 0.29) is 34.8 Å². The van der Waals surface area contributed by atoms with E-state index in [1.807, 2.05) is 10.6 Å². The van der Waals surface area contributed by atoms with Gasteiger partial charge >= 0.3 is 0 Å². The summed E-state index contributed by atoms with van der Waals surface area (Å²) in [5.74, 6) is -0.764. The summed E-state index contributed by atoms with van der Waals surface area (Å²) in [6.07, 6.45) is 3.66. The Kier molecular flexibility index (Phi) is 4.14. The highest BCUT2D eigenvalue weighted by Crippen LogP contribution is 2.33. The van der Waals surface area contributed by atoms with Crippen molar-refractivity contribution in [3.05, 3.63) is 44.2 Å². The average Bonchev–Trinajstić information content (AvgIpc) is 2.92. The van der Waals surface area contributed by atoms with E-state index in [2.05, 4.69) is 22.9 Å². The molecule has 136 valence electrons. The zero-order valence-corrected chi connectivity index (χ0v) is 16.1. The third-order valence-corrected chi connectivity index (χ3v) is 6.03. The molecule has 7 heteroatoms. The largest absolute Gasteiger partial charge is 0.369 e. The first kappa shape index (κ1) is 17.3. The number of piperidine rings is 1. The number of benzene rings is 1. The van der Waals surface area contributed by atoms with E-state index in [0.717, 1.165) is 22.0 Å². The number of nitrogens with two attached hydrogens (primary N) is 1. The highest BCUT2D eigenvalue weighted by molar-refractivity contribution is 9.10. The summed E-state index contributed by atoms with van der Waals surface area (Å²) in [6.45, 7) is 2.98. The molecule has 0 spiro atoms. The van der Waals surface area contributed by atoms with E-state index < -0.39 is 0 Å². The molecule has 2 amide bonds. The zero-order chi connectivity index (χ0) is 18.6. The third kappa shape index (κ3) is 2.65. The van der Waals surface area contributed by atoms with Crippen LogP contribution in [-0.2, 0) is 11.2 Å². The molecule has 1 aromatic heterocycles. The van der Waals surface area contributed by atoms with Crippen LogP contribution in [0.2, 0.25) is 0 Å². The molecular weight excluding hydrogens is 398 g/mol. The van der Waals surface area contributed by atoms with E-state index in [9.17, 15) is 14.4 Å². The second-order valence-electron chi connectivity index (χ2n) is 7.26. The van der Waals surface area contributed by atoms with E-state index >= 15 is 0 Å². The van der Waals surface area contributed by atoms with Crippen molar-refractivity contribution in [2.45, 2.75) is 32.2 Å². The third-order valence-electron chi connectivity index (χ3n) is 5.57. The quantitative estimate of drug-likeness (QED) is 0.812. The van der Waals surface area contributed by atoms with Crippen LogP contribution >= 0.6 is 15.9 Å². The topological polar surface area (TPSA) is 85.4 Å². The second kappa shape index (κ2) is 6.23. The molecule has 1 saturated heterocycles. The molecule has 1 fully saturated rings. The lowest BCUT2D eigenvalue weighted by atomic mass is 9.96. The molecule has 3 heterocycles. The summed E-state index contributed by atoms with van der Waals surface area (Å²) in [7, 11) is 0. The fourth-order valence-corrected chi connectivity index (χ4v) is 4.66. The number of likely N-dealkylation sites (tertiary alicyclic amines) is 1. The van der Waals surface area contributed by atoms with Crippen molar-refractivity contribution >= 4 is 38.6 Å². The summed E-state index contributed by atoms with van der Waals surface area (Å²) in [5.41, 5.74) is 7.38. The van der Waals surface area contributed by atoms with Crippen molar-refractivity contribution in [2.24, 2.45) is 11.7 Å². The van der Waals surface area contributed by atoms with Gasteiger partial charge in [-0.2, -0.15) is 0 Å². The van der Waals surface area contributed by atoms with Gasteiger partial charge in [-0.3, -0.25) is 14.4 Å². The minimum absolute atomic E-state index is 0.187. The van der Waals surface area contributed by atoms with Gasteiger partial charge in [-0.05, 0) is 43.9 Å². The van der Waals surface area contributed by atoms with Gasteiger partial charge in [0.2, 0.25) is 11.3 Å². The number of halogens is 1. The Balaban J connectivity index is 1.75. The van der Waals surface area contributed by atoms with Crippen molar-refractivity contribution < 1.29 is 9.59 Å². The molecule has 2 aliphatic rings. The van der Waals surface area contributed by atoms with Crippen LogP contribution in [0, 0.1) is 5.92 Å². The molecule has 1 atom stereocenters. The predicted octanol–water partition coefficient (Wildman–Crippen LogP) is 2.22. The van der Waals surface area contributed by atoms with Gasteiger partial charge in [-0.15, -0.1) is 0 Å². The van der Waals surface area contributed by atoms with E-state index in [0.29, 0.717) is 31.3 Å². The molecular formula is C19H20BrN3O3. The SMILES string of the molecule is C[C@H]1Cc2cc(Br)cc3c(=O)c(C(=O)N4CCC(C(N)=O)CC4)cn1c23. The van der Waals surface area contributed by atoms with Gasteiger partial charge in [-0.1, -0.05) is 15.9 Å². The number of hydrogen-bond donors (Lipinski definition) is 1. The highest BCUT2D eigenvalue weighted by atomic mass is 79.9. The lowest BCUT2D eigenvalue weighted by Crippen LogP contribution is -2.43. The molecule has 0 unspecified atom stereocenters. The standard InChI is InChI=1S/C19H20BrN3O3/c1-10-6-12-7-13(20)8-14-16(12)23(10)9-15(17(14)24)19(26)22-4-2-11(3-5-22)18(21)25/h7-11H,2-6H2,1H3,(H2,21,25)/t10-/m0/s1. The van der Waals surface area contributed by atoms with Crippen molar-refractivity contribution in [1.82, 2.24) is 9.47 Å². The lowest BCUT2D eigenvalue weighted by molar-refractivity contribution is -0.123. The Labute approximate surface area is 159 Å². The predicted molar refractivity (Wildman–Crippen MR) is 102 cm³/mol. The van der Waals surface area contributed by atoms with Crippen LogP contribution in [0.5, 0.6) is 0 Å². The van der Waals surface area contributed by atoms with Gasteiger partial charge in [0, 0.05) is 41.1 Å². The first-order valence-corrected chi connectivity index (χ1v) is 9.62. The summed E-state index contributed by atoms with van der Waals surface area (Å²) in [5, 5.41) is 0.580. The molecule has 4 rings (SSSR count). The minimum atomic E-state index is -0.317.